The van der Waals surface area contributed by atoms with E-state index < -0.39 is 79.7 Å². The van der Waals surface area contributed by atoms with E-state index >= 15 is 0 Å². The third-order valence-electron chi connectivity index (χ3n) is 0.671. The Labute approximate surface area is 259 Å². The van der Waals surface area contributed by atoms with Crippen molar-refractivity contribution in [3.8, 4) is 29.6 Å². The van der Waals surface area contributed by atoms with E-state index in [1.54, 1.807) is 0 Å². The average molecular weight is 924 g/mol. The van der Waals surface area contributed by atoms with Gasteiger partial charge in [-0.3, -0.25) is 0 Å². The van der Waals surface area contributed by atoms with E-state index in [9.17, 15) is 0 Å². The Morgan fingerprint density at radius 1 is 0.282 bits per heavy atom. The van der Waals surface area contributed by atoms with Crippen LogP contribution in [0.5, 0.6) is 0 Å². The first kappa shape index (κ1) is 61.9. The van der Waals surface area contributed by atoms with Gasteiger partial charge in [-0.15, -0.1) is 0 Å². The molecule has 0 aliphatic rings. The maximum absolute atomic E-state index is 9.16. The van der Waals surface area contributed by atoms with E-state index in [-0.39, 0.29) is 51.2 Å². The van der Waals surface area contributed by atoms with Crippen LogP contribution >= 0.6 is 0 Å². The Morgan fingerprint density at radius 3 is 0.308 bits per heavy atom. The van der Waals surface area contributed by atoms with Gasteiger partial charge >= 0.3 is 263 Å². The van der Waals surface area contributed by atoms with E-state index in [1.165, 1.54) is 0 Å². The minimum absolute atomic E-state index is 0. The molecular formula is C6Cr6Fe3N6O18. The summed E-state index contributed by atoms with van der Waals surface area (Å²) < 4.78 is 165. The molecule has 0 aliphatic heterocycles. The SMILES string of the molecule is N#[C][Cr](=[O])(=[O])[O-].N#[C][Cr](=[O])(=[O])[O-].N#[C][Cr](=[O])(=[O])[O-].N#[C][Cr](=[O])(=[O])[O-].N#[C][Cr](=[O])(=[O])[O-].N#[C][Cr](=[O])(=[O])[O-].[Fe+2].[Fe+2].[Fe+2]. The van der Waals surface area contributed by atoms with E-state index in [0.29, 0.717) is 29.6 Å². The van der Waals surface area contributed by atoms with Crippen LogP contribution < -0.4 is 24.9 Å². The van der Waals surface area contributed by atoms with Crippen LogP contribution in [-0.4, -0.2) is 0 Å². The van der Waals surface area contributed by atoms with Crippen molar-refractivity contribution in [2.45, 2.75) is 0 Å². The summed E-state index contributed by atoms with van der Waals surface area (Å²) in [5.41, 5.74) is 0. The van der Waals surface area contributed by atoms with Gasteiger partial charge in [-0.2, -0.15) is 0 Å². The van der Waals surface area contributed by atoms with Crippen LogP contribution in [0.1, 0.15) is 0 Å². The Balaban J connectivity index is -0.0000000390. The van der Waals surface area contributed by atoms with E-state index in [1.807, 2.05) is 0 Å². The minimum Gasteiger partial charge on any atom is 2.00 e. The Morgan fingerprint density at radius 2 is 0.308 bits per heavy atom. The number of nitrogens with zero attached hydrogens (tertiary/aromatic N) is 6. The summed E-state index contributed by atoms with van der Waals surface area (Å²) >= 11 is -31.3. The predicted octanol–water partition coefficient (Wildman–Crippen LogP) is -8.48. The maximum Gasteiger partial charge on any atom is 2.00 e. The fraction of sp³-hybridized carbons (Fsp3) is 0. The van der Waals surface area contributed by atoms with Crippen molar-refractivity contribution in [3.63, 3.8) is 0 Å². The molecule has 0 aromatic heterocycles. The third kappa shape index (κ3) is 157. The molecule has 0 aliphatic carbocycles. The summed E-state index contributed by atoms with van der Waals surface area (Å²) in [5.74, 6) is 0. The van der Waals surface area contributed by atoms with Crippen LogP contribution in [0.4, 0.5) is 0 Å². The molecule has 0 fully saturated rings. The second-order valence-corrected chi connectivity index (χ2v) is 13.5. The van der Waals surface area contributed by atoms with Gasteiger partial charge in [0.15, 0.2) is 0 Å². The van der Waals surface area contributed by atoms with Crippen molar-refractivity contribution in [2.75, 3.05) is 0 Å². The average Bonchev–Trinajstić information content (AvgIpc) is 2.67. The zero-order valence-corrected chi connectivity index (χ0v) is 27.5. The van der Waals surface area contributed by atoms with Gasteiger partial charge in [-0.1, -0.05) is 0 Å². The molecule has 33 heteroatoms. The Kier molecular flexibility index (Phi) is 45.4. The Bertz CT molecular complexity index is 1300. The quantitative estimate of drug-likeness (QED) is 0.204. The van der Waals surface area contributed by atoms with Crippen molar-refractivity contribution < 1.29 is 201 Å². The fourth-order valence-electron chi connectivity index (χ4n) is 0. The van der Waals surface area contributed by atoms with Crippen molar-refractivity contribution in [1.29, 1.82) is 31.6 Å². The molecular weight excluding hydrogens is 924 g/mol. The van der Waals surface area contributed by atoms with Crippen molar-refractivity contribution in [3.05, 3.63) is 0 Å². The summed E-state index contributed by atoms with van der Waals surface area (Å²) in [4.78, 5) is 3.56. The molecule has 0 aromatic rings. The van der Waals surface area contributed by atoms with Gasteiger partial charge in [0.05, 0.1) is 0 Å². The van der Waals surface area contributed by atoms with Crippen molar-refractivity contribution >= 4 is 0 Å². The molecule has 0 saturated heterocycles. The zero-order chi connectivity index (χ0) is 31.2. The zero-order valence-electron chi connectivity index (χ0n) is 16.5. The van der Waals surface area contributed by atoms with Gasteiger partial charge in [-0.05, 0) is 0 Å². The number of rotatable bonds is 0. The van der Waals surface area contributed by atoms with Gasteiger partial charge in [0.25, 0.3) is 0 Å². The molecule has 0 amide bonds. The number of nitriles is 6. The van der Waals surface area contributed by atoms with Crippen molar-refractivity contribution in [2.24, 2.45) is 0 Å². The van der Waals surface area contributed by atoms with E-state index in [2.05, 4.69) is 0 Å². The Hall–Kier alpha value is -0.947. The number of hydrogen-bond donors (Lipinski definition) is 0. The van der Waals surface area contributed by atoms with Gasteiger partial charge in [0.1, 0.15) is 0 Å². The number of hydrogen-bond acceptors (Lipinski definition) is 24. The second kappa shape index (κ2) is 28.6. The maximum atomic E-state index is 9.16. The predicted molar refractivity (Wildman–Crippen MR) is 41.9 cm³/mol. The van der Waals surface area contributed by atoms with Gasteiger partial charge in [-0.25, -0.2) is 0 Å². The standard InChI is InChI=1S/6CN.6Cr.3Fe.18O/c6*1-2;;;;;;;;;;;;;;;;;;;;;;;;;;;/q;;;;;;;;;;;;3*+2;;;;;;;;;;;;;6*-1. The molecule has 222 valence electrons. The molecule has 39 heavy (non-hydrogen) atoms. The van der Waals surface area contributed by atoms with Crippen LogP contribution in [0, 0.1) is 61.2 Å². The largest absolute Gasteiger partial charge is 2.00 e. The summed E-state index contributed by atoms with van der Waals surface area (Å²) in [7, 11) is 0. The van der Waals surface area contributed by atoms with E-state index in [0.717, 1.165) is 0 Å². The first-order chi connectivity index (χ1) is 15.4. The van der Waals surface area contributed by atoms with Crippen molar-refractivity contribution in [1.82, 2.24) is 0 Å². The van der Waals surface area contributed by atoms with Crippen LogP contribution in [0.2, 0.25) is 0 Å². The monoisotopic (exact) mass is 923 g/mol. The first-order valence-electron chi connectivity index (χ1n) is 5.57. The van der Waals surface area contributed by atoms with Crippen LogP contribution in [0.3, 0.4) is 0 Å². The topological polar surface area (TPSA) is 486 Å². The minimum atomic E-state index is -5.22. The van der Waals surface area contributed by atoms with Crippen LogP contribution in [0.25, 0.3) is 0 Å². The molecule has 0 rings (SSSR count). The molecule has 0 bridgehead atoms. The van der Waals surface area contributed by atoms with Gasteiger partial charge in [0.2, 0.25) is 0 Å². The third-order valence-corrected chi connectivity index (χ3v) is 2.77. The van der Waals surface area contributed by atoms with Crippen LogP contribution in [0.15, 0.2) is 0 Å². The first-order valence-corrected chi connectivity index (χ1v) is 18.8. The molecule has 0 spiro atoms. The molecule has 0 radical (unpaired) electrons. The molecule has 0 saturated carbocycles. The summed E-state index contributed by atoms with van der Waals surface area (Å²) in [6.07, 6.45) is 0. The van der Waals surface area contributed by atoms with Gasteiger partial charge in [0, 0.05) is 0 Å². The molecule has 0 heterocycles. The fourth-order valence-corrected chi connectivity index (χ4v) is 0. The molecule has 0 aromatic carbocycles. The molecule has 0 N–H and O–H groups in total. The normalized spacial score (nSPS) is 9.23. The van der Waals surface area contributed by atoms with E-state index in [4.69, 9.17) is 102 Å². The molecule has 0 unspecified atom stereocenters. The van der Waals surface area contributed by atoms with Gasteiger partial charge < -0.3 is 0 Å². The second-order valence-electron chi connectivity index (χ2n) is 3.27. The summed E-state index contributed by atoms with van der Waals surface area (Å²) in [5, 5.41) is 43.7. The van der Waals surface area contributed by atoms with Crippen LogP contribution in [-0.2, 0) is 177 Å². The summed E-state index contributed by atoms with van der Waals surface area (Å²) in [6.45, 7) is 0. The smallest absolute Gasteiger partial charge is 2.00 e. The molecule has 24 nitrogen and oxygen atoms in total. The summed E-state index contributed by atoms with van der Waals surface area (Å²) in [6, 6.07) is 0. The molecule has 0 atom stereocenters.